The van der Waals surface area contributed by atoms with Crippen LogP contribution in [-0.4, -0.2) is 10.8 Å². The molecule has 0 spiro atoms. The van der Waals surface area contributed by atoms with Crippen LogP contribution in [0.3, 0.4) is 0 Å². The van der Waals surface area contributed by atoms with Crippen LogP contribution in [0, 0.1) is 30.1 Å². The summed E-state index contributed by atoms with van der Waals surface area (Å²) in [6.45, 7) is 2.06. The van der Waals surface area contributed by atoms with E-state index in [1.54, 1.807) is 0 Å². The van der Waals surface area contributed by atoms with Crippen LogP contribution in [0.1, 0.15) is 54.6 Å². The van der Waals surface area contributed by atoms with E-state index in [0.29, 0.717) is 5.78 Å². The Morgan fingerprint density at radius 2 is 1.64 bits per heavy atom. The van der Waals surface area contributed by atoms with E-state index in [1.807, 2.05) is 12.1 Å². The van der Waals surface area contributed by atoms with Crippen LogP contribution in [0.25, 0.3) is 10.9 Å². The van der Waals surface area contributed by atoms with Gasteiger partial charge in [0, 0.05) is 27.6 Å². The number of aromatic nitrogens is 1. The van der Waals surface area contributed by atoms with Crippen LogP contribution >= 0.6 is 0 Å². The van der Waals surface area contributed by atoms with Crippen LogP contribution < -0.4 is 0 Å². The number of nitrogens with one attached hydrogen (secondary N) is 1. The number of ketones is 1. The number of benzene rings is 1. The fourth-order valence-corrected chi connectivity index (χ4v) is 6.22. The minimum Gasteiger partial charge on any atom is -0.358 e. The highest BCUT2D eigenvalue weighted by molar-refractivity contribution is 6.11. The minimum absolute atomic E-state index is 0.0372. The van der Waals surface area contributed by atoms with Crippen molar-refractivity contribution in [3.63, 3.8) is 0 Å². The summed E-state index contributed by atoms with van der Waals surface area (Å²) < 4.78 is 0. The molecule has 1 heterocycles. The Bertz CT molecular complexity index is 734. The van der Waals surface area contributed by atoms with E-state index in [-0.39, 0.29) is 5.41 Å². The average Bonchev–Trinajstić information content (AvgIpc) is 2.80. The maximum atomic E-state index is 13.6. The Morgan fingerprint density at radius 3 is 2.27 bits per heavy atom. The number of aromatic amines is 1. The lowest BCUT2D eigenvalue weighted by Gasteiger charge is -2.56. The summed E-state index contributed by atoms with van der Waals surface area (Å²) in [4.78, 5) is 17.0. The first kappa shape index (κ1) is 12.9. The van der Waals surface area contributed by atoms with E-state index in [2.05, 4.69) is 24.0 Å². The molecule has 4 aliphatic carbocycles. The summed E-state index contributed by atoms with van der Waals surface area (Å²) in [6.07, 6.45) is 7.61. The lowest BCUT2D eigenvalue weighted by atomic mass is 9.48. The molecule has 0 saturated heterocycles. The SMILES string of the molecule is Cc1[nH]c2ccccc2c1C(=O)C12CC3CC(CC(C3)C1)C2. The second kappa shape index (κ2) is 4.24. The molecule has 6 rings (SSSR count). The molecule has 4 fully saturated rings. The maximum absolute atomic E-state index is 13.6. The number of rotatable bonds is 2. The van der Waals surface area contributed by atoms with Gasteiger partial charge in [0.15, 0.2) is 5.78 Å². The van der Waals surface area contributed by atoms with Crippen molar-refractivity contribution in [2.24, 2.45) is 23.2 Å². The molecule has 2 nitrogen and oxygen atoms in total. The first-order valence-electron chi connectivity index (χ1n) is 8.77. The predicted molar refractivity (Wildman–Crippen MR) is 88.0 cm³/mol. The molecular weight excluding hydrogens is 270 g/mol. The molecule has 4 bridgehead atoms. The molecular formula is C20H23NO. The lowest BCUT2D eigenvalue weighted by Crippen LogP contribution is -2.50. The Hall–Kier alpha value is -1.57. The highest BCUT2D eigenvalue weighted by Gasteiger charge is 2.54. The van der Waals surface area contributed by atoms with Gasteiger partial charge in [-0.05, 0) is 69.3 Å². The number of hydrogen-bond acceptors (Lipinski definition) is 1. The van der Waals surface area contributed by atoms with Crippen molar-refractivity contribution in [1.82, 2.24) is 4.98 Å². The van der Waals surface area contributed by atoms with Gasteiger partial charge in [-0.2, -0.15) is 0 Å². The standard InChI is InChI=1S/C20H23NO/c1-12-18(16-4-2-3-5-17(16)21-12)19(22)20-9-13-6-14(10-20)8-15(7-13)11-20/h2-5,13-15,21H,6-11H2,1H3. The smallest absolute Gasteiger partial charge is 0.171 e. The second-order valence-corrected chi connectivity index (χ2v) is 8.20. The van der Waals surface area contributed by atoms with Crippen molar-refractivity contribution in [3.8, 4) is 0 Å². The summed E-state index contributed by atoms with van der Waals surface area (Å²) in [5, 5.41) is 1.13. The van der Waals surface area contributed by atoms with Gasteiger partial charge in [0.2, 0.25) is 0 Å². The molecule has 0 unspecified atom stereocenters. The Morgan fingerprint density at radius 1 is 1.05 bits per heavy atom. The summed E-state index contributed by atoms with van der Waals surface area (Å²) in [7, 11) is 0. The third-order valence-corrected chi connectivity index (χ3v) is 6.64. The van der Waals surface area contributed by atoms with Crippen molar-refractivity contribution in [2.75, 3.05) is 0 Å². The highest BCUT2D eigenvalue weighted by atomic mass is 16.1. The zero-order valence-corrected chi connectivity index (χ0v) is 13.2. The molecule has 1 aromatic carbocycles. The molecule has 2 aromatic rings. The predicted octanol–water partition coefficient (Wildman–Crippen LogP) is 4.88. The number of hydrogen-bond donors (Lipinski definition) is 1. The minimum atomic E-state index is -0.0372. The first-order chi connectivity index (χ1) is 10.6. The molecule has 1 aromatic heterocycles. The molecule has 4 aliphatic rings. The van der Waals surface area contributed by atoms with Gasteiger partial charge in [0.05, 0.1) is 0 Å². The van der Waals surface area contributed by atoms with Gasteiger partial charge in [-0.1, -0.05) is 18.2 Å². The topological polar surface area (TPSA) is 32.9 Å². The van der Waals surface area contributed by atoms with Crippen molar-refractivity contribution in [1.29, 1.82) is 0 Å². The zero-order chi connectivity index (χ0) is 14.9. The van der Waals surface area contributed by atoms with Gasteiger partial charge in [-0.15, -0.1) is 0 Å². The summed E-state index contributed by atoms with van der Waals surface area (Å²) >= 11 is 0. The number of carbonyl (C=O) groups excluding carboxylic acids is 1. The molecule has 4 saturated carbocycles. The van der Waals surface area contributed by atoms with Gasteiger partial charge in [0.1, 0.15) is 0 Å². The fourth-order valence-electron chi connectivity index (χ4n) is 6.22. The molecule has 0 aliphatic heterocycles. The first-order valence-corrected chi connectivity index (χ1v) is 8.77. The molecule has 2 heteroatoms. The van der Waals surface area contributed by atoms with Crippen LogP contribution in [0.15, 0.2) is 24.3 Å². The number of Topliss-reactive ketones (excluding diaryl/α,β-unsaturated/α-hetero) is 1. The summed E-state index contributed by atoms with van der Waals surface area (Å²) in [6, 6.07) is 8.27. The van der Waals surface area contributed by atoms with E-state index in [4.69, 9.17) is 0 Å². The van der Waals surface area contributed by atoms with Gasteiger partial charge in [-0.3, -0.25) is 4.79 Å². The largest absolute Gasteiger partial charge is 0.358 e. The average molecular weight is 293 g/mol. The van der Waals surface area contributed by atoms with Crippen molar-refractivity contribution < 1.29 is 4.79 Å². The third-order valence-electron chi connectivity index (χ3n) is 6.64. The van der Waals surface area contributed by atoms with Crippen molar-refractivity contribution in [2.45, 2.75) is 45.4 Å². The number of H-pyrrole nitrogens is 1. The Kier molecular flexibility index (Phi) is 2.49. The maximum Gasteiger partial charge on any atom is 0.171 e. The molecule has 0 amide bonds. The molecule has 114 valence electrons. The Balaban J connectivity index is 1.63. The number of carbonyl (C=O) groups is 1. The van der Waals surface area contributed by atoms with Gasteiger partial charge < -0.3 is 4.98 Å². The second-order valence-electron chi connectivity index (χ2n) is 8.20. The number of fused-ring (bicyclic) bond motifs is 1. The third kappa shape index (κ3) is 1.64. The van der Waals surface area contributed by atoms with E-state index < -0.39 is 0 Å². The molecule has 22 heavy (non-hydrogen) atoms. The van der Waals surface area contributed by atoms with Crippen molar-refractivity contribution in [3.05, 3.63) is 35.5 Å². The quantitative estimate of drug-likeness (QED) is 0.787. The van der Waals surface area contributed by atoms with E-state index in [9.17, 15) is 4.79 Å². The van der Waals surface area contributed by atoms with Crippen LogP contribution in [0.2, 0.25) is 0 Å². The normalized spacial score (nSPS) is 36.1. The van der Waals surface area contributed by atoms with Gasteiger partial charge in [-0.25, -0.2) is 0 Å². The summed E-state index contributed by atoms with van der Waals surface area (Å²) in [5.41, 5.74) is 3.11. The van der Waals surface area contributed by atoms with Crippen molar-refractivity contribution >= 4 is 16.7 Å². The van der Waals surface area contributed by atoms with Crippen LogP contribution in [0.4, 0.5) is 0 Å². The van der Waals surface area contributed by atoms with Gasteiger partial charge in [0.25, 0.3) is 0 Å². The van der Waals surface area contributed by atoms with E-state index >= 15 is 0 Å². The highest BCUT2D eigenvalue weighted by Crippen LogP contribution is 2.61. The monoisotopic (exact) mass is 293 g/mol. The molecule has 1 N–H and O–H groups in total. The van der Waals surface area contributed by atoms with Gasteiger partial charge >= 0.3 is 0 Å². The van der Waals surface area contributed by atoms with E-state index in [1.165, 1.54) is 19.3 Å². The van der Waals surface area contributed by atoms with E-state index in [0.717, 1.165) is 59.2 Å². The molecule has 0 atom stereocenters. The summed E-state index contributed by atoms with van der Waals surface area (Å²) in [5.74, 6) is 2.91. The molecule has 0 radical (unpaired) electrons. The Labute approximate surface area is 131 Å². The zero-order valence-electron chi connectivity index (χ0n) is 13.2. The lowest BCUT2D eigenvalue weighted by molar-refractivity contribution is -0.0352. The van der Waals surface area contributed by atoms with Crippen LogP contribution in [0.5, 0.6) is 0 Å². The fraction of sp³-hybridized carbons (Fsp3) is 0.550. The number of aryl methyl sites for hydroxylation is 1. The van der Waals surface area contributed by atoms with Crippen LogP contribution in [-0.2, 0) is 0 Å². The number of para-hydroxylation sites is 1.